The Morgan fingerprint density at radius 2 is 1.50 bits per heavy atom. The fourth-order valence-electron chi connectivity index (χ4n) is 2.46. The van der Waals surface area contributed by atoms with Gasteiger partial charge >= 0.3 is 0 Å². The van der Waals surface area contributed by atoms with Gasteiger partial charge in [-0.15, -0.1) is 0 Å². The lowest BCUT2D eigenvalue weighted by Crippen LogP contribution is -2.03. The van der Waals surface area contributed by atoms with Gasteiger partial charge in [-0.1, -0.05) is 28.1 Å². The molecule has 0 amide bonds. The summed E-state index contributed by atoms with van der Waals surface area (Å²) in [6, 6.07) is 7.39. The summed E-state index contributed by atoms with van der Waals surface area (Å²) < 4.78 is 13.9. The molecule has 0 radical (unpaired) electrons. The van der Waals surface area contributed by atoms with E-state index in [2.05, 4.69) is 65.6 Å². The molecule has 1 atom stereocenters. The van der Waals surface area contributed by atoms with E-state index >= 15 is 0 Å². The quantitative estimate of drug-likeness (QED) is 0.519. The van der Waals surface area contributed by atoms with Gasteiger partial charge in [0.2, 0.25) is 0 Å². The van der Waals surface area contributed by atoms with Crippen molar-refractivity contribution in [3.63, 3.8) is 0 Å². The molecule has 0 heterocycles. The van der Waals surface area contributed by atoms with Crippen molar-refractivity contribution in [3.05, 3.63) is 67.9 Å². The molecule has 0 bridgehead atoms. The largest absolute Gasteiger partial charge is 0.206 e. The van der Waals surface area contributed by atoms with Crippen molar-refractivity contribution in [2.75, 3.05) is 0 Å². The molecule has 20 heavy (non-hydrogen) atoms. The van der Waals surface area contributed by atoms with Gasteiger partial charge in [0.15, 0.2) is 0 Å². The van der Waals surface area contributed by atoms with Gasteiger partial charge in [0.05, 0.1) is 9.30 Å². The zero-order valence-corrected chi connectivity index (χ0v) is 15.2. The van der Waals surface area contributed by atoms with Crippen LogP contribution in [0.5, 0.6) is 0 Å². The Balaban J connectivity index is 2.58. The summed E-state index contributed by atoms with van der Waals surface area (Å²) in [5.41, 5.74) is 7.48. The van der Waals surface area contributed by atoms with E-state index in [1.165, 1.54) is 33.9 Å². The van der Waals surface area contributed by atoms with Crippen molar-refractivity contribution < 1.29 is 4.39 Å². The summed E-state index contributed by atoms with van der Waals surface area (Å²) in [6.45, 7) is 8.55. The van der Waals surface area contributed by atoms with Crippen LogP contribution < -0.4 is 0 Å². The molecule has 0 N–H and O–H groups in total. The van der Waals surface area contributed by atoms with Crippen LogP contribution in [0, 0.1) is 33.5 Å². The molecular formula is C17H17Br2F. The fraction of sp³-hybridized carbons (Fsp3) is 0.294. The zero-order chi connectivity index (χ0) is 15.0. The van der Waals surface area contributed by atoms with E-state index in [1.54, 1.807) is 0 Å². The van der Waals surface area contributed by atoms with Gasteiger partial charge in [-0.2, -0.15) is 0 Å². The molecule has 0 saturated heterocycles. The number of alkyl halides is 1. The normalized spacial score (nSPS) is 12.6. The van der Waals surface area contributed by atoms with E-state index in [9.17, 15) is 4.39 Å². The van der Waals surface area contributed by atoms with Gasteiger partial charge < -0.3 is 0 Å². The van der Waals surface area contributed by atoms with Crippen molar-refractivity contribution in [1.29, 1.82) is 0 Å². The highest BCUT2D eigenvalue weighted by Crippen LogP contribution is 2.38. The minimum atomic E-state index is -0.234. The van der Waals surface area contributed by atoms with E-state index < -0.39 is 0 Å². The maximum absolute atomic E-state index is 13.4. The van der Waals surface area contributed by atoms with Crippen LogP contribution in [0.15, 0.2) is 28.7 Å². The second-order valence-electron chi connectivity index (χ2n) is 5.21. The Morgan fingerprint density at radius 3 is 2.00 bits per heavy atom. The van der Waals surface area contributed by atoms with Crippen molar-refractivity contribution in [3.8, 4) is 0 Å². The maximum atomic E-state index is 13.4. The summed E-state index contributed by atoms with van der Waals surface area (Å²) in [5.74, 6) is -0.234. The summed E-state index contributed by atoms with van der Waals surface area (Å²) >= 11 is 7.04. The number of hydrogen-bond donors (Lipinski definition) is 0. The Kier molecular flexibility index (Phi) is 4.70. The summed E-state index contributed by atoms with van der Waals surface area (Å²) in [5, 5.41) is 0. The summed E-state index contributed by atoms with van der Waals surface area (Å²) in [4.78, 5) is 0.0676. The van der Waals surface area contributed by atoms with Gasteiger partial charge in [-0.25, -0.2) is 4.39 Å². The zero-order valence-electron chi connectivity index (χ0n) is 12.0. The molecule has 0 aliphatic carbocycles. The molecule has 2 rings (SSSR count). The molecule has 106 valence electrons. The van der Waals surface area contributed by atoms with Crippen LogP contribution in [-0.4, -0.2) is 0 Å². The van der Waals surface area contributed by atoms with Gasteiger partial charge in [-0.05, 0) is 89.1 Å². The average Bonchev–Trinajstić information content (AvgIpc) is 2.40. The van der Waals surface area contributed by atoms with Crippen molar-refractivity contribution in [1.82, 2.24) is 0 Å². The third-order valence-electron chi connectivity index (χ3n) is 3.91. The van der Waals surface area contributed by atoms with Gasteiger partial charge in [-0.3, -0.25) is 0 Å². The smallest absolute Gasteiger partial charge is 0.137 e. The Morgan fingerprint density at radius 1 is 0.950 bits per heavy atom. The van der Waals surface area contributed by atoms with E-state index in [4.69, 9.17) is 0 Å². The highest BCUT2D eigenvalue weighted by atomic mass is 79.9. The van der Waals surface area contributed by atoms with E-state index in [-0.39, 0.29) is 10.6 Å². The number of aryl methyl sites for hydroxylation is 2. The van der Waals surface area contributed by atoms with Crippen LogP contribution >= 0.6 is 31.9 Å². The third kappa shape index (κ3) is 2.84. The lowest BCUT2D eigenvalue weighted by molar-refractivity contribution is 0.620. The number of benzene rings is 2. The second kappa shape index (κ2) is 5.98. The van der Waals surface area contributed by atoms with Crippen LogP contribution in [0.1, 0.15) is 38.2 Å². The number of hydrogen-bond acceptors (Lipinski definition) is 0. The Bertz CT molecular complexity index is 636. The van der Waals surface area contributed by atoms with Gasteiger partial charge in [0, 0.05) is 0 Å². The predicted octanol–water partition coefficient (Wildman–Crippen LogP) is 6.31. The molecule has 2 aromatic carbocycles. The third-order valence-corrected chi connectivity index (χ3v) is 5.51. The van der Waals surface area contributed by atoms with Crippen molar-refractivity contribution >= 4 is 31.9 Å². The van der Waals surface area contributed by atoms with Gasteiger partial charge in [0.25, 0.3) is 0 Å². The SMILES string of the molecule is Cc1cc(C)c(C)c(C(Br)c2ccc(F)c(Br)c2)c1C. The lowest BCUT2D eigenvalue weighted by Gasteiger charge is -2.20. The first-order valence-corrected chi connectivity index (χ1v) is 8.20. The van der Waals surface area contributed by atoms with Crippen LogP contribution in [0.4, 0.5) is 4.39 Å². The molecule has 0 aromatic heterocycles. The van der Waals surface area contributed by atoms with Crippen LogP contribution in [-0.2, 0) is 0 Å². The molecule has 3 heteroatoms. The summed E-state index contributed by atoms with van der Waals surface area (Å²) in [6.07, 6.45) is 0. The van der Waals surface area contributed by atoms with Gasteiger partial charge in [0.1, 0.15) is 5.82 Å². The molecular weight excluding hydrogens is 383 g/mol. The summed E-state index contributed by atoms with van der Waals surface area (Å²) in [7, 11) is 0. The minimum absolute atomic E-state index is 0.0676. The minimum Gasteiger partial charge on any atom is -0.206 e. The average molecular weight is 400 g/mol. The fourth-order valence-corrected chi connectivity index (χ4v) is 3.83. The molecule has 0 aliphatic rings. The Labute approximate surface area is 136 Å². The molecule has 0 fully saturated rings. The van der Waals surface area contributed by atoms with E-state index in [1.807, 2.05) is 12.1 Å². The molecule has 0 aliphatic heterocycles. The molecule has 0 nitrogen and oxygen atoms in total. The van der Waals surface area contributed by atoms with Crippen LogP contribution in [0.25, 0.3) is 0 Å². The molecule has 1 unspecified atom stereocenters. The van der Waals surface area contributed by atoms with Crippen molar-refractivity contribution in [2.45, 2.75) is 32.5 Å². The highest BCUT2D eigenvalue weighted by molar-refractivity contribution is 9.10. The molecule has 0 spiro atoms. The first-order chi connectivity index (χ1) is 9.32. The van der Waals surface area contributed by atoms with Crippen LogP contribution in [0.2, 0.25) is 0 Å². The van der Waals surface area contributed by atoms with E-state index in [0.29, 0.717) is 4.47 Å². The number of rotatable bonds is 2. The lowest BCUT2D eigenvalue weighted by atomic mass is 9.90. The topological polar surface area (TPSA) is 0 Å². The van der Waals surface area contributed by atoms with E-state index in [0.717, 1.165) is 5.56 Å². The first-order valence-electron chi connectivity index (χ1n) is 6.49. The monoisotopic (exact) mass is 398 g/mol. The maximum Gasteiger partial charge on any atom is 0.137 e. The Hall–Kier alpha value is -0.670. The standard InChI is InChI=1S/C17H17Br2F/c1-9-7-10(2)12(4)16(11(9)3)17(19)13-5-6-15(20)14(18)8-13/h5-8,17H,1-4H3. The predicted molar refractivity (Wildman–Crippen MR) is 90.3 cm³/mol. The first kappa shape index (κ1) is 15.7. The number of halogens is 3. The molecule has 2 aromatic rings. The highest BCUT2D eigenvalue weighted by Gasteiger charge is 2.18. The van der Waals surface area contributed by atoms with Crippen molar-refractivity contribution in [2.24, 2.45) is 0 Å². The molecule has 0 saturated carbocycles. The second-order valence-corrected chi connectivity index (χ2v) is 6.98. The van der Waals surface area contributed by atoms with Crippen LogP contribution in [0.3, 0.4) is 0 Å².